The number of ether oxygens (including phenoxy) is 1. The van der Waals surface area contributed by atoms with E-state index in [-0.39, 0.29) is 18.6 Å². The Morgan fingerprint density at radius 3 is 3.10 bits per heavy atom. The number of carbonyl (C=O) groups excluding carboxylic acids is 1. The second kappa shape index (κ2) is 2.75. The molecule has 1 heterocycles. The Hall–Kier alpha value is -0.960. The van der Waals surface area contributed by atoms with E-state index in [1.54, 1.807) is 0 Å². The van der Waals surface area contributed by atoms with Gasteiger partial charge in [0.2, 0.25) is 0 Å². The van der Waals surface area contributed by atoms with Crippen molar-refractivity contribution in [3.05, 3.63) is 12.2 Å². The van der Waals surface area contributed by atoms with Crippen molar-refractivity contribution >= 4 is 12.0 Å². The third-order valence-corrected chi connectivity index (χ3v) is 1.16. The van der Waals surface area contributed by atoms with Crippen molar-refractivity contribution in [2.45, 2.75) is 13.2 Å². The first-order valence-electron chi connectivity index (χ1n) is 3.03. The Morgan fingerprint density at radius 2 is 2.70 bits per heavy atom. The van der Waals surface area contributed by atoms with E-state index in [0.29, 0.717) is 0 Å². The van der Waals surface area contributed by atoms with E-state index in [1.165, 1.54) is 6.21 Å². The SMILES string of the molecule is C=C(C)C1N=CC(=O)CO1. The van der Waals surface area contributed by atoms with Gasteiger partial charge >= 0.3 is 0 Å². The molecule has 0 spiro atoms. The van der Waals surface area contributed by atoms with Gasteiger partial charge in [-0.05, 0) is 12.5 Å². The van der Waals surface area contributed by atoms with Gasteiger partial charge in [0.15, 0.2) is 12.0 Å². The molecule has 0 aliphatic carbocycles. The van der Waals surface area contributed by atoms with E-state index < -0.39 is 0 Å². The minimum Gasteiger partial charge on any atom is -0.344 e. The maximum Gasteiger partial charge on any atom is 0.199 e. The van der Waals surface area contributed by atoms with Crippen LogP contribution in [-0.2, 0) is 9.53 Å². The number of carbonyl (C=O) groups is 1. The van der Waals surface area contributed by atoms with Crippen molar-refractivity contribution in [1.29, 1.82) is 0 Å². The standard InChI is InChI=1S/C7H9NO2/c1-5(2)7-8-3-6(9)4-10-7/h3,7H,1,4H2,2H3. The first-order valence-corrected chi connectivity index (χ1v) is 3.03. The predicted octanol–water partition coefficient (Wildman–Crippen LogP) is 0.559. The highest BCUT2D eigenvalue weighted by atomic mass is 16.5. The van der Waals surface area contributed by atoms with E-state index in [1.807, 2.05) is 6.92 Å². The average Bonchev–Trinajstić information content (AvgIpc) is 1.88. The highest BCUT2D eigenvalue weighted by Crippen LogP contribution is 2.07. The van der Waals surface area contributed by atoms with Gasteiger partial charge in [-0.2, -0.15) is 0 Å². The number of nitrogens with zero attached hydrogens (tertiary/aromatic N) is 1. The summed E-state index contributed by atoms with van der Waals surface area (Å²) in [5, 5.41) is 0. The molecule has 1 aliphatic rings. The van der Waals surface area contributed by atoms with Gasteiger partial charge in [-0.25, -0.2) is 0 Å². The van der Waals surface area contributed by atoms with Crippen LogP contribution in [0, 0.1) is 0 Å². The number of hydrogen-bond acceptors (Lipinski definition) is 3. The summed E-state index contributed by atoms with van der Waals surface area (Å²) in [6.45, 7) is 5.60. The molecule has 0 aromatic carbocycles. The van der Waals surface area contributed by atoms with Crippen molar-refractivity contribution in [2.24, 2.45) is 4.99 Å². The smallest absolute Gasteiger partial charge is 0.199 e. The zero-order chi connectivity index (χ0) is 7.56. The Bertz CT molecular complexity index is 196. The highest BCUT2D eigenvalue weighted by molar-refractivity contribution is 6.28. The predicted molar refractivity (Wildman–Crippen MR) is 38.1 cm³/mol. The van der Waals surface area contributed by atoms with Crippen LogP contribution in [-0.4, -0.2) is 24.8 Å². The van der Waals surface area contributed by atoms with Gasteiger partial charge in [0.25, 0.3) is 0 Å². The maximum absolute atomic E-state index is 10.5. The zero-order valence-electron chi connectivity index (χ0n) is 5.83. The van der Waals surface area contributed by atoms with Gasteiger partial charge in [0, 0.05) is 0 Å². The summed E-state index contributed by atoms with van der Waals surface area (Å²) in [6.07, 6.45) is 0.987. The highest BCUT2D eigenvalue weighted by Gasteiger charge is 2.13. The Morgan fingerprint density at radius 1 is 2.00 bits per heavy atom. The second-order valence-corrected chi connectivity index (χ2v) is 2.25. The normalized spacial score (nSPS) is 24.9. The largest absolute Gasteiger partial charge is 0.344 e. The molecule has 1 unspecified atom stereocenters. The van der Waals surface area contributed by atoms with Crippen LogP contribution in [0.3, 0.4) is 0 Å². The molecular formula is C7H9NO2. The molecule has 0 amide bonds. The molecule has 0 aromatic rings. The Kier molecular flexibility index (Phi) is 1.97. The lowest BCUT2D eigenvalue weighted by Gasteiger charge is -2.15. The van der Waals surface area contributed by atoms with Crippen LogP contribution < -0.4 is 0 Å². The third-order valence-electron chi connectivity index (χ3n) is 1.16. The molecule has 0 bridgehead atoms. The van der Waals surface area contributed by atoms with Crippen LogP contribution in [0.1, 0.15) is 6.92 Å². The first kappa shape index (κ1) is 7.15. The first-order chi connectivity index (χ1) is 4.70. The fraction of sp³-hybridized carbons (Fsp3) is 0.429. The van der Waals surface area contributed by atoms with Crippen LogP contribution in [0.25, 0.3) is 0 Å². The van der Waals surface area contributed by atoms with Crippen molar-refractivity contribution in [3.63, 3.8) is 0 Å². The molecule has 0 aromatic heterocycles. The van der Waals surface area contributed by atoms with Gasteiger partial charge < -0.3 is 4.74 Å². The van der Waals surface area contributed by atoms with Crippen LogP contribution >= 0.6 is 0 Å². The zero-order valence-corrected chi connectivity index (χ0v) is 5.83. The second-order valence-electron chi connectivity index (χ2n) is 2.25. The lowest BCUT2D eigenvalue weighted by atomic mass is 10.3. The monoisotopic (exact) mass is 139 g/mol. The van der Waals surface area contributed by atoms with Crippen molar-refractivity contribution in [1.82, 2.24) is 0 Å². The fourth-order valence-corrected chi connectivity index (χ4v) is 0.662. The van der Waals surface area contributed by atoms with E-state index in [2.05, 4.69) is 11.6 Å². The average molecular weight is 139 g/mol. The lowest BCUT2D eigenvalue weighted by Crippen LogP contribution is -2.24. The number of hydrogen-bond donors (Lipinski definition) is 0. The molecule has 0 saturated heterocycles. The van der Waals surface area contributed by atoms with Crippen LogP contribution in [0.2, 0.25) is 0 Å². The molecule has 10 heavy (non-hydrogen) atoms. The molecule has 1 aliphatic heterocycles. The topological polar surface area (TPSA) is 38.7 Å². The molecule has 0 N–H and O–H groups in total. The maximum atomic E-state index is 10.5. The quantitative estimate of drug-likeness (QED) is 0.498. The van der Waals surface area contributed by atoms with Gasteiger partial charge in [-0.1, -0.05) is 6.58 Å². The van der Waals surface area contributed by atoms with E-state index in [4.69, 9.17) is 4.74 Å². The van der Waals surface area contributed by atoms with Crippen LogP contribution in [0.5, 0.6) is 0 Å². The van der Waals surface area contributed by atoms with Crippen molar-refractivity contribution in [3.8, 4) is 0 Å². The molecule has 1 rings (SSSR count). The van der Waals surface area contributed by atoms with Crippen molar-refractivity contribution < 1.29 is 9.53 Å². The Balaban J connectivity index is 2.61. The van der Waals surface area contributed by atoms with E-state index in [0.717, 1.165) is 5.57 Å². The van der Waals surface area contributed by atoms with Gasteiger partial charge in [-0.3, -0.25) is 9.79 Å². The number of rotatable bonds is 1. The summed E-state index contributed by atoms with van der Waals surface area (Å²) in [6, 6.07) is 0. The molecule has 3 nitrogen and oxygen atoms in total. The van der Waals surface area contributed by atoms with Crippen molar-refractivity contribution in [2.75, 3.05) is 6.61 Å². The van der Waals surface area contributed by atoms with E-state index in [9.17, 15) is 4.79 Å². The summed E-state index contributed by atoms with van der Waals surface area (Å²) in [5.74, 6) is -0.0856. The molecule has 0 radical (unpaired) electrons. The summed E-state index contributed by atoms with van der Waals surface area (Å²) < 4.78 is 5.00. The lowest BCUT2D eigenvalue weighted by molar-refractivity contribution is -0.119. The third kappa shape index (κ3) is 1.51. The molecule has 0 fully saturated rings. The summed E-state index contributed by atoms with van der Waals surface area (Å²) >= 11 is 0. The molecule has 0 saturated carbocycles. The summed E-state index contributed by atoms with van der Waals surface area (Å²) in [4.78, 5) is 14.3. The fourth-order valence-electron chi connectivity index (χ4n) is 0.662. The number of aliphatic imine (C=N–C) groups is 1. The molecule has 54 valence electrons. The molecule has 1 atom stereocenters. The molecular weight excluding hydrogens is 130 g/mol. The van der Waals surface area contributed by atoms with Crippen LogP contribution in [0.4, 0.5) is 0 Å². The van der Waals surface area contributed by atoms with Gasteiger partial charge in [-0.15, -0.1) is 0 Å². The van der Waals surface area contributed by atoms with Gasteiger partial charge in [0.05, 0.1) is 6.21 Å². The minimum absolute atomic E-state index is 0.0856. The van der Waals surface area contributed by atoms with Gasteiger partial charge in [0.1, 0.15) is 6.61 Å². The number of Topliss-reactive ketones (excluding diaryl/α,β-unsaturated/α-hetero) is 1. The van der Waals surface area contributed by atoms with Crippen LogP contribution in [0.15, 0.2) is 17.1 Å². The number of ketones is 1. The Labute approximate surface area is 59.4 Å². The van der Waals surface area contributed by atoms with E-state index >= 15 is 0 Å². The summed E-state index contributed by atoms with van der Waals surface area (Å²) in [7, 11) is 0. The molecule has 3 heteroatoms. The minimum atomic E-state index is -0.308. The summed E-state index contributed by atoms with van der Waals surface area (Å²) in [5.41, 5.74) is 0.823.